The molecule has 12 heterocycles. The number of hydrogen-bond donors (Lipinski definition) is 19. The smallest absolute Gasteiger partial charge is 0.288 e. The number of aromatic nitrogens is 18. The van der Waals surface area contributed by atoms with Gasteiger partial charge in [-0.15, -0.1) is 30.6 Å². The number of primary amides is 1. The van der Waals surface area contributed by atoms with E-state index in [1.165, 1.54) is 104 Å². The number of aliphatic hydroxyl groups excluding tert-OH is 12. The van der Waals surface area contributed by atoms with Crippen LogP contribution in [-0.2, 0) is 56.8 Å². The van der Waals surface area contributed by atoms with E-state index in [0.717, 1.165) is 4.68 Å². The molecule has 1 amide bonds. The fourth-order valence-electron chi connectivity index (χ4n) is 10.9. The highest BCUT2D eigenvalue weighted by molar-refractivity contribution is 5.91. The number of carbonyl (C=O) groups excluding carboxylic acids is 1. The molecule has 6 fully saturated rings. The van der Waals surface area contributed by atoms with Gasteiger partial charge >= 0.3 is 0 Å². The molecule has 612 valence electrons. The highest BCUT2D eigenvalue weighted by atomic mass is 16.7. The third-order valence-electron chi connectivity index (χ3n) is 17.1. The molecular weight excluding hydrogens is 1470 g/mol. The van der Waals surface area contributed by atoms with Crippen LogP contribution in [0.1, 0.15) is 77.1 Å². The molecule has 6 aromatic rings. The van der Waals surface area contributed by atoms with Gasteiger partial charge in [-0.1, -0.05) is 26.3 Å². The van der Waals surface area contributed by atoms with Gasteiger partial charge in [0.1, 0.15) is 136 Å². The topological polar surface area (TPSA) is 679 Å². The lowest BCUT2D eigenvalue weighted by Crippen LogP contribution is -2.35. The number of aliphatic hydroxyl groups is 12. The molecule has 0 saturated carbocycles. The predicted molar refractivity (Wildman–Crippen MR) is 369 cm³/mol. The second-order valence-electron chi connectivity index (χ2n) is 24.1. The Morgan fingerprint density at radius 1 is 0.391 bits per heavy atom. The summed E-state index contributed by atoms with van der Waals surface area (Å²) in [6, 6.07) is 0. The van der Waals surface area contributed by atoms with Crippen molar-refractivity contribution in [2.24, 2.45) is 11.5 Å². The Bertz CT molecular complexity index is 3740. The number of amides is 1. The van der Waals surface area contributed by atoms with Gasteiger partial charge in [0.2, 0.25) is 11.6 Å². The second-order valence-corrected chi connectivity index (χ2v) is 24.1. The lowest BCUT2D eigenvalue weighted by atomic mass is 10.1. The Morgan fingerprint density at radius 3 is 0.945 bits per heavy atom. The Labute approximate surface area is 626 Å². The van der Waals surface area contributed by atoms with Crippen LogP contribution < -0.4 is 32.7 Å². The van der Waals surface area contributed by atoms with Crippen molar-refractivity contribution in [2.45, 2.75) is 148 Å². The van der Waals surface area contributed by atoms with Crippen LogP contribution in [0.15, 0.2) is 64.3 Å². The summed E-state index contributed by atoms with van der Waals surface area (Å²) in [5, 5.41) is 159. The molecule has 50 heteroatoms. The van der Waals surface area contributed by atoms with Crippen molar-refractivity contribution in [3.05, 3.63) is 99.2 Å². The minimum absolute atomic E-state index is 0.0242. The van der Waals surface area contributed by atoms with E-state index in [1.807, 2.05) is 0 Å². The van der Waals surface area contributed by atoms with E-state index in [1.54, 1.807) is 28.2 Å². The third-order valence-corrected chi connectivity index (χ3v) is 17.1. The van der Waals surface area contributed by atoms with Gasteiger partial charge in [-0.3, -0.25) is 10.2 Å². The van der Waals surface area contributed by atoms with E-state index in [2.05, 4.69) is 108 Å². The first-order valence-electron chi connectivity index (χ1n) is 33.1. The summed E-state index contributed by atoms with van der Waals surface area (Å²) in [5.74, 6) is 0.404. The van der Waals surface area contributed by atoms with Crippen molar-refractivity contribution in [3.63, 3.8) is 0 Å². The maximum absolute atomic E-state index is 10.8. The molecule has 0 unspecified atom stereocenters. The number of nitrogens with zero attached hydrogens (tertiary/aromatic N) is 18. The molecule has 6 saturated heterocycles. The first kappa shape index (κ1) is 88.2. The molecule has 21 N–H and O–H groups in total. The first-order chi connectivity index (χ1) is 52.5. The number of hydrogen-bond acceptors (Lipinski definition) is 42. The quantitative estimate of drug-likeness (QED) is 0.0177. The summed E-state index contributed by atoms with van der Waals surface area (Å²) in [4.78, 5) is 34.4. The van der Waals surface area contributed by atoms with Crippen molar-refractivity contribution in [1.82, 2.24) is 110 Å². The number of nitrogens with two attached hydrogens (primary N) is 2. The van der Waals surface area contributed by atoms with E-state index < -0.39 is 154 Å². The Hall–Kier alpha value is -9.02. The van der Waals surface area contributed by atoms with E-state index >= 15 is 0 Å². The van der Waals surface area contributed by atoms with E-state index in [4.69, 9.17) is 78.8 Å². The van der Waals surface area contributed by atoms with Crippen molar-refractivity contribution >= 4 is 34.5 Å². The number of rotatable bonds is 26. The predicted octanol–water partition coefficient (Wildman–Crippen LogP) is -9.68. The van der Waals surface area contributed by atoms with Crippen LogP contribution in [0.25, 0.3) is 22.8 Å². The highest BCUT2D eigenvalue weighted by Gasteiger charge is 2.50. The van der Waals surface area contributed by atoms with Crippen LogP contribution in [-0.4, -0.2) is 369 Å². The largest absolute Gasteiger partial charge is 0.394 e. The molecule has 0 aromatic carbocycles. The highest BCUT2D eigenvalue weighted by Crippen LogP contribution is 2.35. The Balaban J connectivity index is 0.000000184. The molecule has 6 aromatic heterocycles. The van der Waals surface area contributed by atoms with Crippen LogP contribution in [0.3, 0.4) is 0 Å². The average Bonchev–Trinajstić information content (AvgIpc) is 1.72. The standard InChI is InChI=1S/4C11H18N4O4.C8H13N5O4.C8H12N4O5/c1-6(12-2)10-13-5-15(14-10)11-8(17)9(18-3)7(4-16)19-11;2*1-6(12-2)10-13-5-15(14-10)11-9(17)8(16)7(19-11)4-18-3;1-6(12-2)10-13-5-15(14-10)11-9(18-3)8(17)7(4-16)19-11;1-16-8-4(15)3(14)7(17-8)13-2-11-6(12-13)5(9)10;1-16-8-4(14)3(13)7(17-8)12-2-10-6(11-12)5(9)15/h4*5,7-9,11-12,16-17H,1,4H2,2-3H3;2-4,7-8,14-15H,1H3,(H3,9,10);2-4,7-8,13-14H,1H3,(H2,9,15)/t4*7-,8-,9-,11-;2*3-,4+,7-,8+/m110111/s1. The minimum Gasteiger partial charge on any atom is -0.394 e. The van der Waals surface area contributed by atoms with Crippen LogP contribution >= 0.6 is 0 Å². The molecule has 50 nitrogen and oxygen atoms in total. The number of nitrogen functional groups attached to an aromatic ring is 1. The normalized spacial score (nSPS) is 31.3. The molecule has 24 atom stereocenters. The Kier molecular flexibility index (Phi) is 32.7. The van der Waals surface area contributed by atoms with Gasteiger partial charge in [0.25, 0.3) is 5.91 Å². The summed E-state index contributed by atoms with van der Waals surface area (Å²) in [6.45, 7) is 14.8. The fourth-order valence-corrected chi connectivity index (χ4v) is 10.9. The summed E-state index contributed by atoms with van der Waals surface area (Å²) < 4.78 is 70.2. The van der Waals surface area contributed by atoms with Crippen molar-refractivity contribution < 1.29 is 123 Å². The third kappa shape index (κ3) is 20.6. The molecule has 6 aliphatic heterocycles. The zero-order chi connectivity index (χ0) is 81.1. The number of ether oxygens (including phenoxy) is 12. The van der Waals surface area contributed by atoms with Crippen LogP contribution in [0.2, 0.25) is 0 Å². The maximum atomic E-state index is 10.8. The zero-order valence-corrected chi connectivity index (χ0v) is 61.4. The van der Waals surface area contributed by atoms with Gasteiger partial charge in [0.15, 0.2) is 79.1 Å². The number of methoxy groups -OCH3 is 6. The molecule has 6 aliphatic rings. The monoisotopic (exact) mass is 1570 g/mol. The van der Waals surface area contributed by atoms with Crippen LogP contribution in [0, 0.1) is 5.41 Å². The van der Waals surface area contributed by atoms with E-state index in [-0.39, 0.29) is 43.9 Å². The molecule has 110 heavy (non-hydrogen) atoms. The van der Waals surface area contributed by atoms with Gasteiger partial charge in [-0.2, -0.15) is 0 Å². The van der Waals surface area contributed by atoms with E-state index in [0.29, 0.717) is 46.1 Å². The van der Waals surface area contributed by atoms with Gasteiger partial charge in [0.05, 0.1) is 49.2 Å². The van der Waals surface area contributed by atoms with Gasteiger partial charge in [0, 0.05) is 70.8 Å². The molecule has 0 radical (unpaired) electrons. The molecule has 0 bridgehead atoms. The number of carbonyl (C=O) groups is 1. The maximum Gasteiger partial charge on any atom is 0.288 e. The lowest BCUT2D eigenvalue weighted by molar-refractivity contribution is -0.163. The number of amidine groups is 1. The van der Waals surface area contributed by atoms with Crippen LogP contribution in [0.4, 0.5) is 0 Å². The SMILES string of the molecule is C=C(NC)c1ncn([C@@H]2O[C@H](CO)[C@@H](O)[C@H]2OC)n1.C=C(NC)c1ncn([C@@H]2O[C@H](CO)[C@@H](OC)[C@H]2O)n1.C=C(NC)c1ncn([C@@H]2O[C@H](COC)[C@@H](O)[C@H]2O)n1.C=C(NC)c1ncn([C@H]2O[C@@H](COC)[C@H](O)[C@@H]2O)n1.CO[C@H]1O[C@@H](n2cnc(C(=N)N)n2)[C@H](O)[C@@H]1O.CO[C@H]1O[C@@H](n2cnc(C(N)=O)n2)[C@H](O)[C@@H]1O. The van der Waals surface area contributed by atoms with Crippen molar-refractivity contribution in [1.29, 1.82) is 5.41 Å². The molecule has 0 aliphatic carbocycles. The lowest BCUT2D eigenvalue weighted by Gasteiger charge is -2.18. The first-order valence-corrected chi connectivity index (χ1v) is 33.1. The average molecular weight is 1570 g/mol. The van der Waals surface area contributed by atoms with Gasteiger partial charge in [-0.05, 0) is 0 Å². The van der Waals surface area contributed by atoms with Gasteiger partial charge in [-0.25, -0.2) is 58.0 Å². The zero-order valence-electron chi connectivity index (χ0n) is 61.4. The van der Waals surface area contributed by atoms with E-state index in [9.17, 15) is 61.0 Å². The molecule has 12 rings (SSSR count). The summed E-state index contributed by atoms with van der Waals surface area (Å²) in [7, 11) is 15.5. The van der Waals surface area contributed by atoms with Gasteiger partial charge < -0.3 is 151 Å². The Morgan fingerprint density at radius 2 is 0.673 bits per heavy atom. The fraction of sp³-hybridized carbons (Fsp3) is 0.633. The van der Waals surface area contributed by atoms with Crippen molar-refractivity contribution in [2.75, 3.05) is 97.3 Å². The summed E-state index contributed by atoms with van der Waals surface area (Å²) >= 11 is 0. The molecule has 0 spiro atoms. The molecular formula is C60H97N25O25. The number of nitrogens with one attached hydrogen (secondary N) is 5. The van der Waals surface area contributed by atoms with Crippen LogP contribution in [0.5, 0.6) is 0 Å². The minimum atomic E-state index is -1.23. The summed E-state index contributed by atoms with van der Waals surface area (Å²) in [5.41, 5.74) is 12.4. The second kappa shape index (κ2) is 40.8. The van der Waals surface area contributed by atoms with Crippen molar-refractivity contribution in [3.8, 4) is 0 Å². The summed E-state index contributed by atoms with van der Waals surface area (Å²) in [6.07, 6.45) is -13.1.